The first kappa shape index (κ1) is 67.7. The van der Waals surface area contributed by atoms with E-state index in [-0.39, 0.29) is 64.1 Å². The van der Waals surface area contributed by atoms with E-state index in [9.17, 15) is 78.0 Å². The maximum Gasteiger partial charge on any atom is 0.326 e. The lowest BCUT2D eigenvalue weighted by atomic mass is 10.0. The SMILES string of the molecule is CC(O)C(NC(=O)C(CO)NC(=O)C(CC(N)=O)NC(=O)C(CCCCN)NC(=O)C(NC(=O)C(CCCCN)NC(=O)C(N)CCC(=O)O)C(C)O)C(=O)NC(CC(N)=O)C(=O)NC(CCCN=C(N)N)C(=O)O. The highest BCUT2D eigenvalue weighted by atomic mass is 16.4. The summed E-state index contributed by atoms with van der Waals surface area (Å²) in [4.78, 5) is 158. The number of aliphatic hydroxyl groups excluding tert-OH is 3. The first-order valence-electron chi connectivity index (χ1n) is 23.7. The number of primary amides is 2. The summed E-state index contributed by atoms with van der Waals surface area (Å²) in [5, 5.41) is 67.5. The quantitative estimate of drug-likeness (QED) is 0.0154. The van der Waals surface area contributed by atoms with E-state index in [1.54, 1.807) is 0 Å². The van der Waals surface area contributed by atoms with Crippen LogP contribution in [0.4, 0.5) is 0 Å². The number of aliphatic hydroxyl groups is 3. The average Bonchev–Trinajstić information content (AvgIpc) is 3.31. The summed E-state index contributed by atoms with van der Waals surface area (Å²) in [6.07, 6.45) is -5.23. The zero-order chi connectivity index (χ0) is 57.5. The Hall–Kier alpha value is -7.33. The van der Waals surface area contributed by atoms with Crippen LogP contribution in [0.2, 0.25) is 0 Å². The Morgan fingerprint density at radius 2 is 0.827 bits per heavy atom. The third-order valence-corrected chi connectivity index (χ3v) is 10.7. The van der Waals surface area contributed by atoms with Crippen molar-refractivity contribution in [2.24, 2.45) is 45.1 Å². The van der Waals surface area contributed by atoms with Crippen molar-refractivity contribution in [3.05, 3.63) is 0 Å². The zero-order valence-corrected chi connectivity index (χ0v) is 41.8. The monoisotopic (exact) mass is 1080 g/mol. The molecule has 27 N–H and O–H groups in total. The number of rotatable bonds is 39. The summed E-state index contributed by atoms with van der Waals surface area (Å²) in [5.41, 5.74) is 38.1. The van der Waals surface area contributed by atoms with Gasteiger partial charge in [-0.3, -0.25) is 57.7 Å². The number of aliphatic imine (C=N–C) groups is 1. The molecule has 0 aliphatic carbocycles. The van der Waals surface area contributed by atoms with Gasteiger partial charge in [0.2, 0.25) is 59.1 Å². The molecule has 11 atom stereocenters. The number of carboxylic acids is 2. The van der Waals surface area contributed by atoms with Gasteiger partial charge in [0.1, 0.15) is 48.3 Å². The zero-order valence-electron chi connectivity index (χ0n) is 41.8. The van der Waals surface area contributed by atoms with Gasteiger partial charge in [-0.15, -0.1) is 0 Å². The van der Waals surface area contributed by atoms with Crippen molar-refractivity contribution in [1.29, 1.82) is 0 Å². The molecule has 33 nitrogen and oxygen atoms in total. The molecule has 0 fully saturated rings. The molecule has 0 spiro atoms. The Morgan fingerprint density at radius 3 is 1.21 bits per heavy atom. The van der Waals surface area contributed by atoms with Gasteiger partial charge in [-0.05, 0) is 84.7 Å². The highest BCUT2D eigenvalue weighted by molar-refractivity contribution is 6.00. The Balaban J connectivity index is 6.43. The molecule has 11 unspecified atom stereocenters. The van der Waals surface area contributed by atoms with Crippen LogP contribution in [0.3, 0.4) is 0 Å². The van der Waals surface area contributed by atoms with Gasteiger partial charge in [0.05, 0.1) is 37.7 Å². The van der Waals surface area contributed by atoms with Crippen molar-refractivity contribution in [2.75, 3.05) is 26.2 Å². The Kier molecular flexibility index (Phi) is 32.3. The molecule has 0 heterocycles. The average molecular weight is 1080 g/mol. The number of carbonyl (C=O) groups excluding carboxylic acids is 10. The van der Waals surface area contributed by atoms with E-state index >= 15 is 0 Å². The molecule has 0 bridgehead atoms. The van der Waals surface area contributed by atoms with Crippen molar-refractivity contribution >= 4 is 77.0 Å². The highest BCUT2D eigenvalue weighted by Crippen LogP contribution is 2.09. The molecular weight excluding hydrogens is 1000 g/mol. The molecule has 0 saturated heterocycles. The molecule has 0 aromatic rings. The van der Waals surface area contributed by atoms with E-state index in [1.165, 1.54) is 0 Å². The van der Waals surface area contributed by atoms with E-state index in [0.29, 0.717) is 19.3 Å². The van der Waals surface area contributed by atoms with Crippen LogP contribution in [0.5, 0.6) is 0 Å². The second-order valence-electron chi connectivity index (χ2n) is 17.2. The predicted molar refractivity (Wildman–Crippen MR) is 262 cm³/mol. The number of nitrogens with two attached hydrogens (primary N) is 7. The second-order valence-corrected chi connectivity index (χ2v) is 17.2. The molecule has 0 rings (SSSR count). The van der Waals surface area contributed by atoms with Crippen molar-refractivity contribution in [1.82, 2.24) is 42.5 Å². The van der Waals surface area contributed by atoms with Crippen LogP contribution in [0.25, 0.3) is 0 Å². The molecule has 426 valence electrons. The van der Waals surface area contributed by atoms with Gasteiger partial charge >= 0.3 is 11.9 Å². The van der Waals surface area contributed by atoms with Gasteiger partial charge in [-0.1, -0.05) is 0 Å². The fourth-order valence-corrected chi connectivity index (χ4v) is 6.65. The number of hydrogen-bond donors (Lipinski definition) is 20. The fraction of sp³-hybridized carbons (Fsp3) is 0.690. The smallest absolute Gasteiger partial charge is 0.326 e. The standard InChI is InChI=1S/C42H76N16O17/c1-19(60)31(57-35(68)23(9-4-6-14-44)51-33(66)21(45)11-12-30(64)65)39(72)52-22(8-3-5-13-43)34(67)54-25(16-28(46)62)37(70)56-27(18-59)38(71)58-32(20(2)61)40(73)55-26(17-29(47)63)36(69)53-24(41(74)75)10-7-15-50-42(48)49/h19-27,31-32,59-61H,3-18,43-45H2,1-2H3,(H2,46,62)(H2,47,63)(H,51,66)(H,52,72)(H,53,69)(H,54,67)(H,55,73)(H,56,70)(H,57,68)(H,58,71)(H,64,65)(H,74,75)(H4,48,49,50). The van der Waals surface area contributed by atoms with Crippen molar-refractivity contribution in [2.45, 2.75) is 157 Å². The number of aliphatic carboxylic acids is 2. The van der Waals surface area contributed by atoms with E-state index in [2.05, 4.69) is 42.2 Å². The molecule has 0 aliphatic heterocycles. The molecule has 0 aromatic heterocycles. The van der Waals surface area contributed by atoms with Crippen LogP contribution in [-0.4, -0.2) is 195 Å². The van der Waals surface area contributed by atoms with Gasteiger partial charge in [0.15, 0.2) is 5.96 Å². The molecule has 10 amide bonds. The van der Waals surface area contributed by atoms with Crippen molar-refractivity contribution in [3.8, 4) is 0 Å². The van der Waals surface area contributed by atoms with E-state index in [4.69, 9.17) is 45.2 Å². The van der Waals surface area contributed by atoms with E-state index in [1.807, 2.05) is 5.32 Å². The van der Waals surface area contributed by atoms with Crippen LogP contribution in [0, 0.1) is 0 Å². The van der Waals surface area contributed by atoms with Crippen LogP contribution >= 0.6 is 0 Å². The minimum atomic E-state index is -2.02. The number of carbonyl (C=O) groups is 12. The van der Waals surface area contributed by atoms with Crippen LogP contribution < -0.4 is 82.7 Å². The van der Waals surface area contributed by atoms with E-state index < -0.39 is 163 Å². The third kappa shape index (κ3) is 27.5. The lowest BCUT2D eigenvalue weighted by Crippen LogP contribution is -2.63. The van der Waals surface area contributed by atoms with Crippen LogP contribution in [0.1, 0.15) is 90.9 Å². The third-order valence-electron chi connectivity index (χ3n) is 10.7. The number of nitrogens with one attached hydrogen (secondary N) is 8. The number of guanidine groups is 1. The van der Waals surface area contributed by atoms with E-state index in [0.717, 1.165) is 13.8 Å². The van der Waals surface area contributed by atoms with Gasteiger partial charge in [-0.25, -0.2) is 4.79 Å². The number of nitrogens with zero attached hydrogens (tertiary/aromatic N) is 1. The summed E-state index contributed by atoms with van der Waals surface area (Å²) in [6, 6.07) is -15.5. The van der Waals surface area contributed by atoms with Crippen molar-refractivity contribution in [3.63, 3.8) is 0 Å². The summed E-state index contributed by atoms with van der Waals surface area (Å²) in [7, 11) is 0. The Bertz CT molecular complexity index is 1990. The van der Waals surface area contributed by atoms with Gasteiger partial charge in [0, 0.05) is 13.0 Å². The lowest BCUT2D eigenvalue weighted by molar-refractivity contribution is -0.143. The second kappa shape index (κ2) is 35.8. The summed E-state index contributed by atoms with van der Waals surface area (Å²) in [5.74, 6) is -14.8. The molecule has 0 radical (unpaired) electrons. The Morgan fingerprint density at radius 1 is 0.467 bits per heavy atom. The first-order chi connectivity index (χ1) is 35.1. The molecular formula is C42H76N16O17. The van der Waals surface area contributed by atoms with Gasteiger partial charge < -0.3 is 108 Å². The topological polar surface area (TPSA) is 597 Å². The number of amides is 10. The summed E-state index contributed by atoms with van der Waals surface area (Å²) in [6.45, 7) is 1.23. The highest BCUT2D eigenvalue weighted by Gasteiger charge is 2.37. The number of carboxylic acid groups (broad SMARTS) is 2. The summed E-state index contributed by atoms with van der Waals surface area (Å²) < 4.78 is 0. The Labute approximate surface area is 430 Å². The molecule has 0 aliphatic rings. The summed E-state index contributed by atoms with van der Waals surface area (Å²) >= 11 is 0. The largest absolute Gasteiger partial charge is 0.481 e. The van der Waals surface area contributed by atoms with Crippen molar-refractivity contribution < 1.29 is 83.1 Å². The fourth-order valence-electron chi connectivity index (χ4n) is 6.65. The normalized spacial score (nSPS) is 15.4. The molecule has 33 heteroatoms. The first-order valence-corrected chi connectivity index (χ1v) is 23.7. The molecule has 0 aromatic carbocycles. The number of unbranched alkanes of at least 4 members (excludes halogenated alkanes) is 2. The lowest BCUT2D eigenvalue weighted by Gasteiger charge is -2.28. The maximum atomic E-state index is 13.8. The van der Waals surface area contributed by atoms with Gasteiger partial charge in [0.25, 0.3) is 0 Å². The van der Waals surface area contributed by atoms with Crippen LogP contribution in [0.15, 0.2) is 4.99 Å². The molecule has 0 saturated carbocycles. The van der Waals surface area contributed by atoms with Crippen LogP contribution in [-0.2, 0) is 57.5 Å². The number of hydrogen-bond acceptors (Lipinski definition) is 19. The maximum absolute atomic E-state index is 13.8. The minimum absolute atomic E-state index is 0.0105. The predicted octanol–water partition coefficient (Wildman–Crippen LogP) is -10.0. The molecule has 75 heavy (non-hydrogen) atoms. The minimum Gasteiger partial charge on any atom is -0.481 e. The van der Waals surface area contributed by atoms with Gasteiger partial charge in [-0.2, -0.15) is 0 Å².